The molecule has 0 aliphatic heterocycles. The Morgan fingerprint density at radius 2 is 2.31 bits per heavy atom. The van der Waals surface area contributed by atoms with Gasteiger partial charge in [-0.2, -0.15) is 9.78 Å². The molecule has 0 aliphatic rings. The molecule has 0 bridgehead atoms. The van der Waals surface area contributed by atoms with Crippen LogP contribution in [0.25, 0.3) is 0 Å². The first-order valence-electron chi connectivity index (χ1n) is 4.22. The lowest BCUT2D eigenvalue weighted by molar-refractivity contribution is -0.153. The number of esters is 1. The Morgan fingerprint density at radius 3 is 2.88 bits per heavy atom. The second-order valence-corrected chi connectivity index (χ2v) is 3.43. The van der Waals surface area contributed by atoms with E-state index in [2.05, 4.69) is 9.84 Å². The third kappa shape index (κ3) is 2.51. The number of carbonyl (C=O) groups is 1. The van der Waals surface area contributed by atoms with E-state index in [-0.39, 0.29) is 16.3 Å². The molecule has 0 saturated carbocycles. The van der Waals surface area contributed by atoms with E-state index in [0.29, 0.717) is 0 Å². The lowest BCUT2D eigenvalue weighted by Gasteiger charge is -2.09. The fourth-order valence-corrected chi connectivity index (χ4v) is 1.16. The van der Waals surface area contributed by atoms with Gasteiger partial charge in [0.25, 0.3) is 11.9 Å². The fraction of sp³-hybridized carbons (Fsp3) is 0.375. The van der Waals surface area contributed by atoms with Crippen LogP contribution in [0.4, 0.5) is 4.39 Å². The maximum Gasteiger partial charge on any atom is 0.363 e. The van der Waals surface area contributed by atoms with E-state index in [9.17, 15) is 14.0 Å². The Hall–Kier alpha value is -1.14. The molecule has 0 aliphatic carbocycles. The number of alkyl halides is 1. The highest BCUT2D eigenvalue weighted by molar-refractivity contribution is 6.41. The molecule has 1 aromatic rings. The lowest BCUT2D eigenvalue weighted by Crippen LogP contribution is -2.30. The van der Waals surface area contributed by atoms with Crippen LogP contribution in [-0.2, 0) is 9.53 Å². The number of carbonyl (C=O) groups excluding carboxylic acids is 1. The Kier molecular flexibility index (Phi) is 4.26. The van der Waals surface area contributed by atoms with Crippen LogP contribution in [0.5, 0.6) is 0 Å². The van der Waals surface area contributed by atoms with E-state index in [4.69, 9.17) is 23.2 Å². The minimum atomic E-state index is -2.33. The molecule has 0 spiro atoms. The predicted molar refractivity (Wildman–Crippen MR) is 55.3 cm³/mol. The summed E-state index contributed by atoms with van der Waals surface area (Å²) in [5.74, 6) is -1.21. The van der Waals surface area contributed by atoms with Crippen LogP contribution in [0.3, 0.4) is 0 Å². The van der Waals surface area contributed by atoms with Crippen LogP contribution < -0.4 is 5.56 Å². The zero-order chi connectivity index (χ0) is 12.3. The maximum absolute atomic E-state index is 13.4. The van der Waals surface area contributed by atoms with Crippen molar-refractivity contribution in [1.29, 1.82) is 0 Å². The summed E-state index contributed by atoms with van der Waals surface area (Å²) in [5.41, 5.74) is -0.991. The highest BCUT2D eigenvalue weighted by Gasteiger charge is 2.24. The van der Waals surface area contributed by atoms with Crippen molar-refractivity contribution in [2.24, 2.45) is 0 Å². The van der Waals surface area contributed by atoms with Gasteiger partial charge in [0.2, 0.25) is 0 Å². The largest absolute Gasteiger partial charge is 0.462 e. The van der Waals surface area contributed by atoms with Gasteiger partial charge in [-0.15, -0.1) is 0 Å². The highest BCUT2D eigenvalue weighted by Crippen LogP contribution is 2.16. The van der Waals surface area contributed by atoms with Crippen molar-refractivity contribution in [1.82, 2.24) is 9.78 Å². The molecular formula is C8H7Cl2FN2O3. The molecule has 5 nitrogen and oxygen atoms in total. The van der Waals surface area contributed by atoms with Gasteiger partial charge < -0.3 is 4.74 Å². The summed E-state index contributed by atoms with van der Waals surface area (Å²) >= 11 is 11.0. The lowest BCUT2D eigenvalue weighted by atomic mass is 10.5. The standard InChI is InChI=1S/C8H7Cl2FN2O3/c1-2-16-8(15)6(11)13-7(14)5(10)4(9)3-12-13/h3,6H,2H2,1H3. The molecule has 0 aromatic carbocycles. The Morgan fingerprint density at radius 1 is 1.69 bits per heavy atom. The Bertz CT molecular complexity index is 463. The van der Waals surface area contributed by atoms with Crippen LogP contribution in [0, 0.1) is 0 Å². The Balaban J connectivity index is 3.10. The number of hydrogen-bond donors (Lipinski definition) is 0. The van der Waals surface area contributed by atoms with Crippen molar-refractivity contribution in [3.8, 4) is 0 Å². The molecule has 1 heterocycles. The molecule has 1 rings (SSSR count). The van der Waals surface area contributed by atoms with Gasteiger partial charge in [0, 0.05) is 0 Å². The SMILES string of the molecule is CCOC(=O)C(F)n1ncc(Cl)c(Cl)c1=O. The zero-order valence-corrected chi connectivity index (χ0v) is 9.63. The number of hydrogen-bond acceptors (Lipinski definition) is 4. The number of nitrogens with zero attached hydrogens (tertiary/aromatic N) is 2. The topological polar surface area (TPSA) is 61.2 Å². The second-order valence-electron chi connectivity index (χ2n) is 2.64. The summed E-state index contributed by atoms with van der Waals surface area (Å²) in [7, 11) is 0. The highest BCUT2D eigenvalue weighted by atomic mass is 35.5. The quantitative estimate of drug-likeness (QED) is 0.781. The van der Waals surface area contributed by atoms with Crippen LogP contribution in [0.15, 0.2) is 11.0 Å². The third-order valence-corrected chi connectivity index (χ3v) is 2.35. The first kappa shape index (κ1) is 12.9. The molecule has 88 valence electrons. The minimum Gasteiger partial charge on any atom is -0.462 e. The van der Waals surface area contributed by atoms with Gasteiger partial charge in [-0.3, -0.25) is 4.79 Å². The van der Waals surface area contributed by atoms with Crippen LogP contribution in [0.2, 0.25) is 10.0 Å². The first-order chi connectivity index (χ1) is 7.49. The van der Waals surface area contributed by atoms with E-state index in [1.807, 2.05) is 0 Å². The van der Waals surface area contributed by atoms with Gasteiger partial charge in [-0.25, -0.2) is 9.18 Å². The molecule has 1 atom stereocenters. The van der Waals surface area contributed by atoms with Gasteiger partial charge in [-0.1, -0.05) is 23.2 Å². The third-order valence-electron chi connectivity index (χ3n) is 1.60. The molecule has 1 aromatic heterocycles. The maximum atomic E-state index is 13.4. The molecule has 0 amide bonds. The summed E-state index contributed by atoms with van der Waals surface area (Å²) in [4.78, 5) is 22.4. The van der Waals surface area contributed by atoms with Crippen molar-refractivity contribution < 1.29 is 13.9 Å². The molecule has 0 radical (unpaired) electrons. The van der Waals surface area contributed by atoms with E-state index >= 15 is 0 Å². The van der Waals surface area contributed by atoms with E-state index < -0.39 is 22.8 Å². The van der Waals surface area contributed by atoms with E-state index in [1.165, 1.54) is 6.92 Å². The molecule has 1 unspecified atom stereocenters. The van der Waals surface area contributed by atoms with Gasteiger partial charge in [0.05, 0.1) is 17.8 Å². The van der Waals surface area contributed by atoms with Crippen molar-refractivity contribution in [2.45, 2.75) is 13.2 Å². The molecule has 0 N–H and O–H groups in total. The Labute approximate surface area is 99.7 Å². The molecule has 16 heavy (non-hydrogen) atoms. The average molecular weight is 269 g/mol. The van der Waals surface area contributed by atoms with Crippen molar-refractivity contribution in [3.05, 3.63) is 26.6 Å². The molecule has 8 heteroatoms. The number of ether oxygens (including phenoxy) is 1. The zero-order valence-electron chi connectivity index (χ0n) is 8.11. The van der Waals surface area contributed by atoms with Crippen molar-refractivity contribution in [3.63, 3.8) is 0 Å². The minimum absolute atomic E-state index is 0.00464. The van der Waals surface area contributed by atoms with Crippen LogP contribution in [-0.4, -0.2) is 22.4 Å². The summed E-state index contributed by atoms with van der Waals surface area (Å²) in [6.07, 6.45) is -1.36. The number of halogens is 3. The van der Waals surface area contributed by atoms with Gasteiger partial charge in [0.1, 0.15) is 5.02 Å². The monoisotopic (exact) mass is 268 g/mol. The average Bonchev–Trinajstić information content (AvgIpc) is 2.26. The number of aromatic nitrogens is 2. The van der Waals surface area contributed by atoms with Gasteiger partial charge in [0.15, 0.2) is 0 Å². The van der Waals surface area contributed by atoms with E-state index in [0.717, 1.165) is 6.20 Å². The van der Waals surface area contributed by atoms with Gasteiger partial charge >= 0.3 is 5.97 Å². The second kappa shape index (κ2) is 5.27. The molecular weight excluding hydrogens is 262 g/mol. The van der Waals surface area contributed by atoms with Crippen molar-refractivity contribution >= 4 is 29.2 Å². The molecule has 0 fully saturated rings. The van der Waals surface area contributed by atoms with Gasteiger partial charge in [-0.05, 0) is 6.92 Å². The summed E-state index contributed by atoms with van der Waals surface area (Å²) in [5, 5.41) is 2.84. The smallest absolute Gasteiger partial charge is 0.363 e. The van der Waals surface area contributed by atoms with Crippen LogP contribution in [0.1, 0.15) is 13.2 Å². The van der Waals surface area contributed by atoms with E-state index in [1.54, 1.807) is 0 Å². The molecule has 0 saturated heterocycles. The first-order valence-corrected chi connectivity index (χ1v) is 4.98. The summed E-state index contributed by atoms with van der Waals surface area (Å²) < 4.78 is 18.1. The number of rotatable bonds is 3. The van der Waals surface area contributed by atoms with Crippen molar-refractivity contribution in [2.75, 3.05) is 6.61 Å². The summed E-state index contributed by atoms with van der Waals surface area (Å²) in [6.45, 7) is 1.50. The normalized spacial score (nSPS) is 12.2. The summed E-state index contributed by atoms with van der Waals surface area (Å²) in [6, 6.07) is 0. The van der Waals surface area contributed by atoms with Crippen LogP contribution >= 0.6 is 23.2 Å². The predicted octanol–water partition coefficient (Wildman–Crippen LogP) is 1.58. The fourth-order valence-electron chi connectivity index (χ4n) is 0.897.